The lowest BCUT2D eigenvalue weighted by Crippen LogP contribution is -2.18. The van der Waals surface area contributed by atoms with E-state index in [-0.39, 0.29) is 11.7 Å². The van der Waals surface area contributed by atoms with Gasteiger partial charge in [0.25, 0.3) is 5.56 Å². The van der Waals surface area contributed by atoms with Crippen molar-refractivity contribution in [2.45, 2.75) is 26.4 Å². The van der Waals surface area contributed by atoms with E-state index in [4.69, 9.17) is 4.74 Å². The number of nitrogens with zero attached hydrogens (tertiary/aromatic N) is 2. The van der Waals surface area contributed by atoms with Gasteiger partial charge in [0.05, 0.1) is 6.10 Å². The highest BCUT2D eigenvalue weighted by Gasteiger charge is 2.08. The highest BCUT2D eigenvalue weighted by Crippen LogP contribution is 2.16. The molecule has 122 valence electrons. The number of aromatic nitrogens is 3. The molecular weight excluding hydrogens is 302 g/mol. The molecule has 2 aromatic carbocycles. The number of benzene rings is 2. The number of hydrogen-bond acceptors (Lipinski definition) is 4. The maximum Gasteiger partial charge on any atom is 0.286 e. The van der Waals surface area contributed by atoms with Gasteiger partial charge in [-0.15, -0.1) is 0 Å². The van der Waals surface area contributed by atoms with Crippen molar-refractivity contribution >= 4 is 0 Å². The Hall–Kier alpha value is -2.95. The van der Waals surface area contributed by atoms with E-state index in [0.29, 0.717) is 17.9 Å². The first-order valence-corrected chi connectivity index (χ1v) is 7.88. The summed E-state index contributed by atoms with van der Waals surface area (Å²) >= 11 is 0. The van der Waals surface area contributed by atoms with Gasteiger partial charge in [-0.2, -0.15) is 5.10 Å². The molecule has 0 amide bonds. The monoisotopic (exact) mass is 321 g/mol. The summed E-state index contributed by atoms with van der Waals surface area (Å²) in [6.45, 7) is 3.97. The molecule has 5 heteroatoms. The van der Waals surface area contributed by atoms with Crippen LogP contribution in [0.25, 0.3) is 11.4 Å². The highest BCUT2D eigenvalue weighted by atomic mass is 16.5. The minimum absolute atomic E-state index is 0.133. The largest absolute Gasteiger partial charge is 0.491 e. The van der Waals surface area contributed by atoms with Crippen molar-refractivity contribution in [3.63, 3.8) is 0 Å². The minimum atomic E-state index is -0.266. The first-order chi connectivity index (χ1) is 11.6. The van der Waals surface area contributed by atoms with Gasteiger partial charge in [0.2, 0.25) is 0 Å². The molecule has 24 heavy (non-hydrogen) atoms. The average Bonchev–Trinajstić information content (AvgIpc) is 2.59. The van der Waals surface area contributed by atoms with Crippen molar-refractivity contribution < 1.29 is 4.74 Å². The van der Waals surface area contributed by atoms with Crippen LogP contribution in [0.15, 0.2) is 59.4 Å². The molecule has 0 bridgehead atoms. The van der Waals surface area contributed by atoms with Crippen LogP contribution in [-0.2, 0) is 6.42 Å². The Balaban J connectivity index is 1.83. The normalized spacial score (nSPS) is 10.8. The van der Waals surface area contributed by atoms with Gasteiger partial charge >= 0.3 is 0 Å². The fraction of sp³-hybridized carbons (Fsp3) is 0.211. The van der Waals surface area contributed by atoms with Gasteiger partial charge in [-0.25, -0.2) is 10.1 Å². The third-order valence-corrected chi connectivity index (χ3v) is 3.47. The van der Waals surface area contributed by atoms with E-state index < -0.39 is 0 Å². The van der Waals surface area contributed by atoms with E-state index in [0.717, 1.165) is 16.9 Å². The zero-order chi connectivity index (χ0) is 16.9. The molecule has 0 aliphatic rings. The summed E-state index contributed by atoms with van der Waals surface area (Å²) in [4.78, 5) is 16.4. The highest BCUT2D eigenvalue weighted by molar-refractivity contribution is 5.53. The predicted molar refractivity (Wildman–Crippen MR) is 93.1 cm³/mol. The quantitative estimate of drug-likeness (QED) is 0.783. The molecule has 0 aliphatic heterocycles. The molecular formula is C19H19N3O2. The van der Waals surface area contributed by atoms with E-state index >= 15 is 0 Å². The fourth-order valence-corrected chi connectivity index (χ4v) is 2.36. The molecule has 0 fully saturated rings. The Morgan fingerprint density at radius 1 is 1.04 bits per heavy atom. The van der Waals surface area contributed by atoms with Crippen LogP contribution < -0.4 is 10.3 Å². The molecule has 3 aromatic rings. The van der Waals surface area contributed by atoms with E-state index in [1.165, 1.54) is 0 Å². The molecule has 0 saturated carbocycles. The molecule has 0 spiro atoms. The summed E-state index contributed by atoms with van der Waals surface area (Å²) in [6.07, 6.45) is 0.577. The van der Waals surface area contributed by atoms with E-state index in [9.17, 15) is 4.79 Å². The third-order valence-electron chi connectivity index (χ3n) is 3.47. The van der Waals surface area contributed by atoms with Gasteiger partial charge in [0, 0.05) is 12.0 Å². The Kier molecular flexibility index (Phi) is 4.70. The number of H-pyrrole nitrogens is 1. The van der Waals surface area contributed by atoms with Crippen LogP contribution in [-0.4, -0.2) is 21.3 Å². The molecule has 3 rings (SSSR count). The molecule has 0 aliphatic carbocycles. The fourth-order valence-electron chi connectivity index (χ4n) is 2.36. The lowest BCUT2D eigenvalue weighted by Gasteiger charge is -2.10. The first kappa shape index (κ1) is 15.9. The van der Waals surface area contributed by atoms with Gasteiger partial charge in [-0.3, -0.25) is 4.79 Å². The predicted octanol–water partition coefficient (Wildman–Crippen LogP) is 3.21. The molecule has 1 heterocycles. The molecule has 0 radical (unpaired) electrons. The van der Waals surface area contributed by atoms with Gasteiger partial charge in [-0.1, -0.05) is 42.5 Å². The smallest absolute Gasteiger partial charge is 0.286 e. The van der Waals surface area contributed by atoms with Crippen LogP contribution in [0.5, 0.6) is 5.75 Å². The van der Waals surface area contributed by atoms with E-state index in [2.05, 4.69) is 15.2 Å². The van der Waals surface area contributed by atoms with Crippen LogP contribution in [0.2, 0.25) is 0 Å². The summed E-state index contributed by atoms with van der Waals surface area (Å²) in [7, 11) is 0. The third kappa shape index (κ3) is 3.87. The Labute approximate surface area is 140 Å². The van der Waals surface area contributed by atoms with Crippen molar-refractivity contribution in [1.29, 1.82) is 0 Å². The summed E-state index contributed by atoms with van der Waals surface area (Å²) in [5.74, 6) is 1.33. The summed E-state index contributed by atoms with van der Waals surface area (Å²) in [6, 6.07) is 17.3. The zero-order valence-electron chi connectivity index (χ0n) is 13.7. The summed E-state index contributed by atoms with van der Waals surface area (Å²) < 4.78 is 5.63. The molecule has 5 nitrogen and oxygen atoms in total. The Morgan fingerprint density at radius 3 is 2.42 bits per heavy atom. The van der Waals surface area contributed by atoms with Crippen molar-refractivity contribution in [2.24, 2.45) is 0 Å². The van der Waals surface area contributed by atoms with Crippen LogP contribution in [0.4, 0.5) is 0 Å². The topological polar surface area (TPSA) is 67.9 Å². The van der Waals surface area contributed by atoms with Crippen molar-refractivity contribution in [3.8, 4) is 17.1 Å². The number of hydrogen-bond donors (Lipinski definition) is 1. The second-order valence-corrected chi connectivity index (χ2v) is 5.79. The van der Waals surface area contributed by atoms with Crippen molar-refractivity contribution in [3.05, 3.63) is 76.2 Å². The lowest BCUT2D eigenvalue weighted by molar-refractivity contribution is 0.242. The Bertz CT molecular complexity index is 856. The maximum absolute atomic E-state index is 12.0. The zero-order valence-corrected chi connectivity index (χ0v) is 13.7. The molecule has 1 aromatic heterocycles. The average molecular weight is 321 g/mol. The molecule has 0 unspecified atom stereocenters. The molecule has 1 N–H and O–H groups in total. The standard InChI is InChI=1S/C19H19N3O2/c1-13(2)24-16-10-8-14(9-11-16)12-17-19(23)22-21-18(20-17)15-6-4-3-5-7-15/h3-11,13H,12H2,1-2H3,(H,22,23). The minimum Gasteiger partial charge on any atom is -0.491 e. The number of aromatic amines is 1. The SMILES string of the molecule is CC(C)Oc1ccc(Cc2nc(-c3ccccc3)n[nH]c2=O)cc1. The summed E-state index contributed by atoms with van der Waals surface area (Å²) in [5.41, 5.74) is 2.04. The Morgan fingerprint density at radius 2 is 1.75 bits per heavy atom. The number of nitrogens with one attached hydrogen (secondary N) is 1. The molecule has 0 atom stereocenters. The first-order valence-electron chi connectivity index (χ1n) is 7.88. The van der Waals surface area contributed by atoms with Gasteiger partial charge < -0.3 is 4.74 Å². The number of rotatable bonds is 5. The molecule has 0 saturated heterocycles. The van der Waals surface area contributed by atoms with Crippen molar-refractivity contribution in [2.75, 3.05) is 0 Å². The van der Waals surface area contributed by atoms with E-state index in [1.54, 1.807) is 0 Å². The van der Waals surface area contributed by atoms with Crippen LogP contribution in [0.1, 0.15) is 25.1 Å². The van der Waals surface area contributed by atoms with Crippen LogP contribution >= 0.6 is 0 Å². The number of ether oxygens (including phenoxy) is 1. The second kappa shape index (κ2) is 7.08. The van der Waals surface area contributed by atoms with Crippen LogP contribution in [0, 0.1) is 0 Å². The van der Waals surface area contributed by atoms with Gasteiger partial charge in [0.15, 0.2) is 5.82 Å². The maximum atomic E-state index is 12.0. The van der Waals surface area contributed by atoms with Gasteiger partial charge in [-0.05, 0) is 31.5 Å². The van der Waals surface area contributed by atoms with Crippen LogP contribution in [0.3, 0.4) is 0 Å². The van der Waals surface area contributed by atoms with E-state index in [1.807, 2.05) is 68.4 Å². The second-order valence-electron chi connectivity index (χ2n) is 5.79. The van der Waals surface area contributed by atoms with Gasteiger partial charge in [0.1, 0.15) is 11.4 Å². The lowest BCUT2D eigenvalue weighted by atomic mass is 10.1. The summed E-state index contributed by atoms with van der Waals surface area (Å²) in [5, 5.41) is 6.56. The van der Waals surface area contributed by atoms with Crippen molar-refractivity contribution in [1.82, 2.24) is 15.2 Å².